The molecule has 0 saturated carbocycles. The predicted molar refractivity (Wildman–Crippen MR) is 91.4 cm³/mol. The van der Waals surface area contributed by atoms with Gasteiger partial charge in [-0.25, -0.2) is 8.42 Å². The predicted octanol–water partition coefficient (Wildman–Crippen LogP) is 5.86. The maximum absolute atomic E-state index is 12.4. The highest BCUT2D eigenvalue weighted by Gasteiger charge is 2.24. The number of anilines is 1. The smallest absolute Gasteiger partial charge is 0.264 e. The second kappa shape index (κ2) is 6.52. The molecule has 0 atom stereocenters. The number of para-hydroxylation sites is 1. The molecule has 0 aromatic heterocycles. The third-order valence-corrected chi connectivity index (χ3v) is 5.79. The molecule has 0 aliphatic heterocycles. The van der Waals surface area contributed by atoms with Crippen LogP contribution in [0.3, 0.4) is 0 Å². The van der Waals surface area contributed by atoms with Crippen LogP contribution in [0.2, 0.25) is 20.1 Å². The van der Waals surface area contributed by atoms with Crippen molar-refractivity contribution in [1.29, 1.82) is 0 Å². The van der Waals surface area contributed by atoms with Crippen molar-refractivity contribution >= 4 is 78.0 Å². The second-order valence-corrected chi connectivity index (χ2v) is 8.06. The highest BCUT2D eigenvalue weighted by molar-refractivity contribution is 9.10. The molecule has 0 aliphatic carbocycles. The lowest BCUT2D eigenvalue weighted by atomic mass is 10.3. The van der Waals surface area contributed by atoms with Crippen molar-refractivity contribution in [1.82, 2.24) is 0 Å². The normalized spacial score (nSPS) is 11.5. The molecule has 21 heavy (non-hydrogen) atoms. The molecule has 1 N–H and O–H groups in total. The Morgan fingerprint density at radius 3 is 1.86 bits per heavy atom. The van der Waals surface area contributed by atoms with Crippen LogP contribution in [0, 0.1) is 0 Å². The quantitative estimate of drug-likeness (QED) is 0.637. The first-order chi connectivity index (χ1) is 9.72. The van der Waals surface area contributed by atoms with Crippen molar-refractivity contribution in [3.05, 3.63) is 54.9 Å². The number of nitrogens with one attached hydrogen (secondary N) is 1. The first-order valence-electron chi connectivity index (χ1n) is 5.34. The van der Waals surface area contributed by atoms with Gasteiger partial charge in [0.1, 0.15) is 4.90 Å². The Hall–Kier alpha value is -0.170. The zero-order valence-electron chi connectivity index (χ0n) is 10.0. The number of benzene rings is 2. The molecule has 0 amide bonds. The zero-order valence-corrected chi connectivity index (χ0v) is 15.4. The molecule has 0 unspecified atom stereocenters. The molecule has 0 radical (unpaired) electrons. The van der Waals surface area contributed by atoms with Gasteiger partial charge in [-0.05, 0) is 24.3 Å². The summed E-state index contributed by atoms with van der Waals surface area (Å²) in [6.07, 6.45) is 0. The summed E-state index contributed by atoms with van der Waals surface area (Å²) in [5.41, 5.74) is 0.0656. The van der Waals surface area contributed by atoms with Crippen LogP contribution in [0.4, 0.5) is 5.69 Å². The van der Waals surface area contributed by atoms with E-state index in [9.17, 15) is 8.42 Å². The standard InChI is InChI=1S/C12H6BrCl4NO2S/c13-6-4-9(16)12(10(17)5-6)21(19,20)18-11-7(14)2-1-3-8(11)15/h1-5,18H. The largest absolute Gasteiger partial charge is 0.277 e. The molecule has 0 saturated heterocycles. The number of halogens is 5. The third kappa shape index (κ3) is 3.78. The molecule has 0 fully saturated rings. The zero-order chi connectivity index (χ0) is 15.8. The molecular formula is C12H6BrCl4NO2S. The minimum Gasteiger partial charge on any atom is -0.277 e. The monoisotopic (exact) mass is 447 g/mol. The number of rotatable bonds is 3. The number of hydrogen-bond donors (Lipinski definition) is 1. The highest BCUT2D eigenvalue weighted by atomic mass is 79.9. The maximum Gasteiger partial charge on any atom is 0.264 e. The molecule has 2 aromatic rings. The van der Waals surface area contributed by atoms with E-state index < -0.39 is 10.0 Å². The van der Waals surface area contributed by atoms with E-state index in [4.69, 9.17) is 46.4 Å². The van der Waals surface area contributed by atoms with Crippen molar-refractivity contribution in [3.8, 4) is 0 Å². The van der Waals surface area contributed by atoms with Gasteiger partial charge in [0, 0.05) is 4.47 Å². The van der Waals surface area contributed by atoms with Crippen LogP contribution < -0.4 is 4.72 Å². The lowest BCUT2D eigenvalue weighted by molar-refractivity contribution is 0.601. The van der Waals surface area contributed by atoms with Crippen molar-refractivity contribution in [2.45, 2.75) is 4.90 Å². The molecule has 2 rings (SSSR count). The average molecular weight is 450 g/mol. The fourth-order valence-corrected chi connectivity index (χ4v) is 5.21. The van der Waals surface area contributed by atoms with Gasteiger partial charge in [0.25, 0.3) is 10.0 Å². The summed E-state index contributed by atoms with van der Waals surface area (Å²) >= 11 is 27.0. The van der Waals surface area contributed by atoms with Crippen LogP contribution >= 0.6 is 62.3 Å². The van der Waals surface area contributed by atoms with Gasteiger partial charge in [-0.2, -0.15) is 0 Å². The summed E-state index contributed by atoms with van der Waals surface area (Å²) in [5, 5.41) is 0.279. The van der Waals surface area contributed by atoms with E-state index in [2.05, 4.69) is 20.7 Å². The van der Waals surface area contributed by atoms with E-state index >= 15 is 0 Å². The van der Waals surface area contributed by atoms with E-state index in [-0.39, 0.29) is 30.7 Å². The lowest BCUT2D eigenvalue weighted by Gasteiger charge is -2.13. The summed E-state index contributed by atoms with van der Waals surface area (Å²) in [6, 6.07) is 7.47. The van der Waals surface area contributed by atoms with E-state index in [1.807, 2.05) is 0 Å². The van der Waals surface area contributed by atoms with E-state index in [1.165, 1.54) is 24.3 Å². The Balaban J connectivity index is 2.54. The van der Waals surface area contributed by atoms with Crippen LogP contribution in [0.15, 0.2) is 39.7 Å². The van der Waals surface area contributed by atoms with Gasteiger partial charge in [0.05, 0.1) is 25.8 Å². The van der Waals surface area contributed by atoms with E-state index in [0.29, 0.717) is 4.47 Å². The van der Waals surface area contributed by atoms with Crippen molar-refractivity contribution in [2.24, 2.45) is 0 Å². The van der Waals surface area contributed by atoms with Gasteiger partial charge in [-0.15, -0.1) is 0 Å². The Labute approximate surface area is 150 Å². The molecule has 112 valence electrons. The number of hydrogen-bond acceptors (Lipinski definition) is 2. The van der Waals surface area contributed by atoms with Gasteiger partial charge >= 0.3 is 0 Å². The molecule has 2 aromatic carbocycles. The van der Waals surface area contributed by atoms with Crippen LogP contribution in [0.5, 0.6) is 0 Å². The van der Waals surface area contributed by atoms with Gasteiger partial charge in [0.15, 0.2) is 0 Å². The fraction of sp³-hybridized carbons (Fsp3) is 0. The van der Waals surface area contributed by atoms with Gasteiger partial charge in [-0.3, -0.25) is 4.72 Å². The SMILES string of the molecule is O=S(=O)(Nc1c(Cl)cccc1Cl)c1c(Cl)cc(Br)cc1Cl. The van der Waals surface area contributed by atoms with Crippen LogP contribution in [-0.4, -0.2) is 8.42 Å². The minimum absolute atomic E-state index is 0.0231. The molecule has 0 spiro atoms. The molecule has 0 bridgehead atoms. The Morgan fingerprint density at radius 1 is 0.905 bits per heavy atom. The summed E-state index contributed by atoms with van der Waals surface area (Å²) in [4.78, 5) is -0.245. The molecule has 0 aliphatic rings. The maximum atomic E-state index is 12.4. The highest BCUT2D eigenvalue weighted by Crippen LogP contribution is 2.36. The number of sulfonamides is 1. The van der Waals surface area contributed by atoms with E-state index in [0.717, 1.165) is 0 Å². The summed E-state index contributed by atoms with van der Waals surface area (Å²) in [6.45, 7) is 0. The van der Waals surface area contributed by atoms with Crippen LogP contribution in [0.1, 0.15) is 0 Å². The van der Waals surface area contributed by atoms with Crippen molar-refractivity contribution in [3.63, 3.8) is 0 Å². The lowest BCUT2D eigenvalue weighted by Crippen LogP contribution is -2.14. The average Bonchev–Trinajstić information content (AvgIpc) is 2.32. The summed E-state index contributed by atoms with van der Waals surface area (Å²) in [7, 11) is -4.04. The van der Waals surface area contributed by atoms with Crippen LogP contribution in [0.25, 0.3) is 0 Å². The summed E-state index contributed by atoms with van der Waals surface area (Å²) < 4.78 is 27.8. The van der Waals surface area contributed by atoms with Crippen molar-refractivity contribution in [2.75, 3.05) is 4.72 Å². The van der Waals surface area contributed by atoms with Gasteiger partial charge in [0.2, 0.25) is 0 Å². The topological polar surface area (TPSA) is 46.2 Å². The van der Waals surface area contributed by atoms with Gasteiger partial charge in [-0.1, -0.05) is 68.4 Å². The van der Waals surface area contributed by atoms with Gasteiger partial charge < -0.3 is 0 Å². The Kier molecular flexibility index (Phi) is 5.34. The summed E-state index contributed by atoms with van der Waals surface area (Å²) in [5.74, 6) is 0. The Morgan fingerprint density at radius 2 is 1.38 bits per heavy atom. The molecular weight excluding hydrogens is 444 g/mol. The second-order valence-electron chi connectivity index (χ2n) is 3.90. The van der Waals surface area contributed by atoms with E-state index in [1.54, 1.807) is 6.07 Å². The first-order valence-corrected chi connectivity index (χ1v) is 9.12. The Bertz CT molecular complexity index is 768. The van der Waals surface area contributed by atoms with Crippen molar-refractivity contribution < 1.29 is 8.42 Å². The fourth-order valence-electron chi connectivity index (χ4n) is 1.57. The third-order valence-electron chi connectivity index (χ3n) is 2.43. The minimum atomic E-state index is -4.04. The van der Waals surface area contributed by atoms with Crippen LogP contribution in [-0.2, 0) is 10.0 Å². The molecule has 3 nitrogen and oxygen atoms in total. The molecule has 0 heterocycles. The first kappa shape index (κ1) is 17.2. The molecule has 9 heteroatoms.